The third kappa shape index (κ3) is 7.55. The van der Waals surface area contributed by atoms with Gasteiger partial charge in [-0.3, -0.25) is 13.9 Å². The summed E-state index contributed by atoms with van der Waals surface area (Å²) in [4.78, 5) is 28.3. The van der Waals surface area contributed by atoms with Crippen LogP contribution in [0, 0.1) is 0 Å². The lowest BCUT2D eigenvalue weighted by Crippen LogP contribution is -2.53. The quantitative estimate of drug-likeness (QED) is 0.328. The summed E-state index contributed by atoms with van der Waals surface area (Å²) in [6.07, 6.45) is 1.11. The number of hydrogen-bond donors (Lipinski definition) is 1. The number of amides is 2. The molecule has 0 bridgehead atoms. The topological polar surface area (TPSA) is 86.8 Å². The Labute approximate surface area is 242 Å². The van der Waals surface area contributed by atoms with E-state index in [-0.39, 0.29) is 28.7 Å². The standard InChI is InChI=1S/C26H25Cl4N3O4S/c1-31-26(35)24(13-17-7-4-3-5-8-17)32(15-19-20(28)9-6-10-21(19)29)25(34)16-33(38(2,36)37)23-14-18(27)11-12-22(23)30/h3-12,14,24H,13,15-16H2,1-2H3,(H,31,35)/t24-/m1/s1. The molecule has 0 fully saturated rings. The molecule has 1 N–H and O–H groups in total. The Bertz CT molecular complexity index is 1400. The smallest absolute Gasteiger partial charge is 0.244 e. The number of halogens is 4. The summed E-state index contributed by atoms with van der Waals surface area (Å²) in [6.45, 7) is -0.799. The molecule has 3 aromatic carbocycles. The molecule has 0 aliphatic heterocycles. The van der Waals surface area contributed by atoms with Crippen molar-refractivity contribution in [3.63, 3.8) is 0 Å². The summed E-state index contributed by atoms with van der Waals surface area (Å²) < 4.78 is 26.5. The average molecular weight is 617 g/mol. The fourth-order valence-electron chi connectivity index (χ4n) is 3.85. The van der Waals surface area contributed by atoms with Gasteiger partial charge >= 0.3 is 0 Å². The molecule has 0 aliphatic carbocycles. The molecule has 12 heteroatoms. The van der Waals surface area contributed by atoms with Crippen molar-refractivity contribution in [3.05, 3.63) is 97.9 Å². The number of nitrogens with zero attached hydrogens (tertiary/aromatic N) is 2. The van der Waals surface area contributed by atoms with Gasteiger partial charge in [0.2, 0.25) is 21.8 Å². The van der Waals surface area contributed by atoms with Crippen molar-refractivity contribution in [1.29, 1.82) is 0 Å². The number of carbonyl (C=O) groups is 2. The van der Waals surface area contributed by atoms with Crippen molar-refractivity contribution in [2.75, 3.05) is 24.2 Å². The molecule has 0 heterocycles. The van der Waals surface area contributed by atoms with Crippen LogP contribution in [0.5, 0.6) is 0 Å². The van der Waals surface area contributed by atoms with Gasteiger partial charge in [0.15, 0.2) is 0 Å². The highest BCUT2D eigenvalue weighted by Crippen LogP contribution is 2.32. The third-order valence-corrected chi connectivity index (χ3v) is 8.15. The van der Waals surface area contributed by atoms with Gasteiger partial charge in [0.05, 0.1) is 17.0 Å². The number of hydrogen-bond acceptors (Lipinski definition) is 4. The maximum absolute atomic E-state index is 13.9. The van der Waals surface area contributed by atoms with E-state index in [1.165, 1.54) is 30.1 Å². The largest absolute Gasteiger partial charge is 0.357 e. The highest BCUT2D eigenvalue weighted by atomic mass is 35.5. The van der Waals surface area contributed by atoms with Crippen molar-refractivity contribution >= 4 is 73.9 Å². The van der Waals surface area contributed by atoms with E-state index in [0.29, 0.717) is 15.6 Å². The Morgan fingerprint density at radius 3 is 2.11 bits per heavy atom. The first-order valence-electron chi connectivity index (χ1n) is 11.3. The molecule has 7 nitrogen and oxygen atoms in total. The molecule has 3 aromatic rings. The highest BCUT2D eigenvalue weighted by molar-refractivity contribution is 7.92. The molecule has 0 saturated heterocycles. The highest BCUT2D eigenvalue weighted by Gasteiger charge is 2.33. The van der Waals surface area contributed by atoms with Gasteiger partial charge in [-0.25, -0.2) is 8.42 Å². The predicted molar refractivity (Wildman–Crippen MR) is 154 cm³/mol. The molecule has 0 aliphatic rings. The summed E-state index contributed by atoms with van der Waals surface area (Å²) in [6, 6.07) is 17.3. The van der Waals surface area contributed by atoms with Crippen LogP contribution in [0.25, 0.3) is 0 Å². The maximum atomic E-state index is 13.9. The van der Waals surface area contributed by atoms with Crippen LogP contribution >= 0.6 is 46.4 Å². The zero-order valence-electron chi connectivity index (χ0n) is 20.5. The van der Waals surface area contributed by atoms with E-state index in [2.05, 4.69) is 5.32 Å². The number of rotatable bonds is 10. The van der Waals surface area contributed by atoms with Crippen LogP contribution in [0.2, 0.25) is 20.1 Å². The molecule has 0 saturated carbocycles. The zero-order valence-corrected chi connectivity index (χ0v) is 24.3. The second-order valence-corrected chi connectivity index (χ2v) is 12.0. The van der Waals surface area contributed by atoms with E-state index in [1.807, 2.05) is 30.3 Å². The average Bonchev–Trinajstić information content (AvgIpc) is 2.87. The molecule has 0 radical (unpaired) electrons. The molecule has 3 rings (SSSR count). The van der Waals surface area contributed by atoms with E-state index in [9.17, 15) is 18.0 Å². The Morgan fingerprint density at radius 2 is 1.53 bits per heavy atom. The van der Waals surface area contributed by atoms with E-state index >= 15 is 0 Å². The molecule has 38 heavy (non-hydrogen) atoms. The van der Waals surface area contributed by atoms with Crippen molar-refractivity contribution in [2.24, 2.45) is 0 Å². The predicted octanol–water partition coefficient (Wildman–Crippen LogP) is 5.45. The number of likely N-dealkylation sites (N-methyl/N-ethyl adjacent to an activating group) is 1. The van der Waals surface area contributed by atoms with Crippen LogP contribution in [0.15, 0.2) is 66.7 Å². The Balaban J connectivity index is 2.10. The molecular weight excluding hydrogens is 592 g/mol. The molecule has 1 atom stereocenters. The first-order valence-corrected chi connectivity index (χ1v) is 14.7. The number of sulfonamides is 1. The second-order valence-electron chi connectivity index (χ2n) is 8.41. The van der Waals surface area contributed by atoms with Gasteiger partial charge in [-0.2, -0.15) is 0 Å². The minimum absolute atomic E-state index is 0.0327. The van der Waals surface area contributed by atoms with Crippen LogP contribution in [0.1, 0.15) is 11.1 Å². The summed E-state index contributed by atoms with van der Waals surface area (Å²) in [5.41, 5.74) is 1.24. The molecule has 0 unspecified atom stereocenters. The van der Waals surface area contributed by atoms with Crippen molar-refractivity contribution < 1.29 is 18.0 Å². The van der Waals surface area contributed by atoms with Crippen LogP contribution in [0.4, 0.5) is 5.69 Å². The lowest BCUT2D eigenvalue weighted by atomic mass is 10.0. The fourth-order valence-corrected chi connectivity index (χ4v) is 5.65. The van der Waals surface area contributed by atoms with Gasteiger partial charge in [-0.1, -0.05) is 82.8 Å². The van der Waals surface area contributed by atoms with Crippen LogP contribution in [0.3, 0.4) is 0 Å². The first-order chi connectivity index (χ1) is 17.9. The summed E-state index contributed by atoms with van der Waals surface area (Å²) in [5, 5.41) is 3.51. The van der Waals surface area contributed by atoms with Gasteiger partial charge in [0.25, 0.3) is 0 Å². The Hall–Kier alpha value is -2.49. The van der Waals surface area contributed by atoms with Gasteiger partial charge < -0.3 is 10.2 Å². The molecular formula is C26H25Cl4N3O4S. The lowest BCUT2D eigenvalue weighted by molar-refractivity contribution is -0.139. The van der Waals surface area contributed by atoms with Gasteiger partial charge in [-0.05, 0) is 35.9 Å². The second kappa shape index (κ2) is 13.0. The minimum atomic E-state index is -4.00. The summed E-state index contributed by atoms with van der Waals surface area (Å²) >= 11 is 25.2. The zero-order chi connectivity index (χ0) is 28.0. The van der Waals surface area contributed by atoms with Crippen molar-refractivity contribution in [3.8, 4) is 0 Å². The number of benzene rings is 3. The summed E-state index contributed by atoms with van der Waals surface area (Å²) in [7, 11) is -2.54. The monoisotopic (exact) mass is 615 g/mol. The maximum Gasteiger partial charge on any atom is 0.244 e. The normalized spacial score (nSPS) is 12.1. The number of anilines is 1. The first kappa shape index (κ1) is 30.1. The van der Waals surface area contributed by atoms with Crippen LogP contribution in [-0.4, -0.2) is 51.0 Å². The lowest BCUT2D eigenvalue weighted by Gasteiger charge is -2.33. The van der Waals surface area contributed by atoms with E-state index < -0.39 is 34.4 Å². The van der Waals surface area contributed by atoms with Crippen molar-refractivity contribution in [2.45, 2.75) is 19.0 Å². The summed E-state index contributed by atoms with van der Waals surface area (Å²) in [5.74, 6) is -1.12. The van der Waals surface area contributed by atoms with E-state index in [0.717, 1.165) is 16.1 Å². The van der Waals surface area contributed by atoms with E-state index in [4.69, 9.17) is 46.4 Å². The minimum Gasteiger partial charge on any atom is -0.357 e. The van der Waals surface area contributed by atoms with Gasteiger partial charge in [0, 0.05) is 40.6 Å². The van der Waals surface area contributed by atoms with E-state index in [1.54, 1.807) is 18.2 Å². The Kier molecular flexibility index (Phi) is 10.3. The van der Waals surface area contributed by atoms with Gasteiger partial charge in [0.1, 0.15) is 12.6 Å². The SMILES string of the molecule is CNC(=O)[C@@H](Cc1ccccc1)N(Cc1c(Cl)cccc1Cl)C(=O)CN(c1cc(Cl)ccc1Cl)S(C)(=O)=O. The number of nitrogens with one attached hydrogen (secondary N) is 1. The van der Waals surface area contributed by atoms with Crippen molar-refractivity contribution in [1.82, 2.24) is 10.2 Å². The number of carbonyl (C=O) groups excluding carboxylic acids is 2. The molecule has 2 amide bonds. The van der Waals surface area contributed by atoms with Gasteiger partial charge in [-0.15, -0.1) is 0 Å². The van der Waals surface area contributed by atoms with Crippen LogP contribution in [-0.2, 0) is 32.6 Å². The fraction of sp³-hybridized carbons (Fsp3) is 0.231. The third-order valence-electron chi connectivity index (χ3n) is 5.76. The van der Waals surface area contributed by atoms with Crippen LogP contribution < -0.4 is 9.62 Å². The molecule has 202 valence electrons. The molecule has 0 spiro atoms. The Morgan fingerprint density at radius 1 is 0.895 bits per heavy atom. The molecule has 0 aromatic heterocycles.